The molecule has 0 aromatic heterocycles. The summed E-state index contributed by atoms with van der Waals surface area (Å²) in [6.07, 6.45) is -6.09. The van der Waals surface area contributed by atoms with E-state index < -0.39 is 29.6 Å². The van der Waals surface area contributed by atoms with Gasteiger partial charge in [-0.05, 0) is 12.1 Å². The molecule has 0 aliphatic rings. The number of benzene rings is 1. The van der Waals surface area contributed by atoms with E-state index in [1.54, 1.807) is 0 Å². The van der Waals surface area contributed by atoms with Crippen LogP contribution in [-0.4, -0.2) is 18.1 Å². The van der Waals surface area contributed by atoms with E-state index in [2.05, 4.69) is 4.74 Å². The second-order valence-electron chi connectivity index (χ2n) is 2.89. The van der Waals surface area contributed by atoms with Crippen molar-refractivity contribution in [2.45, 2.75) is 12.1 Å². The summed E-state index contributed by atoms with van der Waals surface area (Å²) in [5.74, 6) is -10.8. The molecule has 1 aromatic carbocycles. The average Bonchev–Trinajstić information content (AvgIpc) is 2.19. The highest BCUT2D eigenvalue weighted by atomic mass is 19.4. The number of hydrogen-bond acceptors (Lipinski definition) is 2. The number of alkyl halides is 5. The Morgan fingerprint density at radius 3 is 2.06 bits per heavy atom. The van der Waals surface area contributed by atoms with Crippen LogP contribution in [0.25, 0.3) is 0 Å². The summed E-state index contributed by atoms with van der Waals surface area (Å²) in [6, 6.07) is 3.75. The van der Waals surface area contributed by atoms with Crippen LogP contribution in [-0.2, 0) is 4.79 Å². The van der Waals surface area contributed by atoms with Crippen LogP contribution in [0.3, 0.4) is 0 Å². The largest absolute Gasteiger partial charge is 0.465 e. The molecular weight excluding hydrogens is 254 g/mol. The molecule has 0 saturated heterocycles. The van der Waals surface area contributed by atoms with Gasteiger partial charge < -0.3 is 4.74 Å². The molecule has 0 fully saturated rings. The SMILES string of the molecule is O=C(Oc1ccccc1F)C(F)(F)C(F)(F)F. The lowest BCUT2D eigenvalue weighted by Crippen LogP contribution is -2.46. The summed E-state index contributed by atoms with van der Waals surface area (Å²) in [5.41, 5.74) is 0. The van der Waals surface area contributed by atoms with Crippen LogP contribution in [0.4, 0.5) is 26.3 Å². The molecule has 94 valence electrons. The van der Waals surface area contributed by atoms with Crippen molar-refractivity contribution >= 4 is 5.97 Å². The average molecular weight is 258 g/mol. The van der Waals surface area contributed by atoms with Crippen molar-refractivity contribution in [1.29, 1.82) is 0 Å². The molecular formula is C9H4F6O2. The molecule has 0 heterocycles. The molecule has 0 aliphatic carbocycles. The number of rotatable bonds is 2. The molecule has 0 bridgehead atoms. The van der Waals surface area contributed by atoms with Gasteiger partial charge in [-0.15, -0.1) is 0 Å². The Labute approximate surface area is 90.8 Å². The van der Waals surface area contributed by atoms with E-state index in [4.69, 9.17) is 0 Å². The van der Waals surface area contributed by atoms with E-state index in [-0.39, 0.29) is 0 Å². The highest BCUT2D eigenvalue weighted by Gasteiger charge is 2.65. The van der Waals surface area contributed by atoms with Gasteiger partial charge in [0.2, 0.25) is 0 Å². The third-order valence-corrected chi connectivity index (χ3v) is 1.65. The molecule has 17 heavy (non-hydrogen) atoms. The quantitative estimate of drug-likeness (QED) is 0.463. The number of esters is 1. The Hall–Kier alpha value is -1.73. The molecule has 0 amide bonds. The van der Waals surface area contributed by atoms with Crippen LogP contribution in [0.1, 0.15) is 0 Å². The van der Waals surface area contributed by atoms with E-state index in [0.717, 1.165) is 24.3 Å². The van der Waals surface area contributed by atoms with Crippen LogP contribution < -0.4 is 4.74 Å². The van der Waals surface area contributed by atoms with Crippen LogP contribution in [0.2, 0.25) is 0 Å². The fourth-order valence-electron chi connectivity index (χ4n) is 0.807. The number of ether oxygens (including phenoxy) is 1. The Morgan fingerprint density at radius 2 is 1.59 bits per heavy atom. The van der Waals surface area contributed by atoms with Crippen LogP contribution in [0.5, 0.6) is 5.75 Å². The van der Waals surface area contributed by atoms with E-state index in [1.807, 2.05) is 0 Å². The van der Waals surface area contributed by atoms with Gasteiger partial charge in [-0.25, -0.2) is 9.18 Å². The van der Waals surface area contributed by atoms with Gasteiger partial charge in [-0.2, -0.15) is 22.0 Å². The number of carbonyl (C=O) groups excluding carboxylic acids is 1. The predicted octanol–water partition coefficient (Wildman–Crippen LogP) is 2.93. The van der Waals surface area contributed by atoms with Crippen molar-refractivity contribution in [3.05, 3.63) is 30.1 Å². The van der Waals surface area contributed by atoms with Gasteiger partial charge in [-0.1, -0.05) is 12.1 Å². The summed E-state index contributed by atoms with van der Waals surface area (Å²) < 4.78 is 76.6. The first kappa shape index (κ1) is 13.3. The second kappa shape index (κ2) is 4.27. The summed E-state index contributed by atoms with van der Waals surface area (Å²) in [6.45, 7) is 0. The fraction of sp³-hybridized carbons (Fsp3) is 0.222. The van der Waals surface area contributed by atoms with Gasteiger partial charge in [0.1, 0.15) is 0 Å². The highest BCUT2D eigenvalue weighted by Crippen LogP contribution is 2.36. The maximum Gasteiger partial charge on any atom is 0.465 e. The van der Waals surface area contributed by atoms with E-state index in [0.29, 0.717) is 0 Å². The first-order valence-electron chi connectivity index (χ1n) is 4.07. The lowest BCUT2D eigenvalue weighted by Gasteiger charge is -2.17. The maximum atomic E-state index is 12.8. The Morgan fingerprint density at radius 1 is 1.06 bits per heavy atom. The Balaban J connectivity index is 2.91. The van der Waals surface area contributed by atoms with Crippen molar-refractivity contribution in [2.24, 2.45) is 0 Å². The van der Waals surface area contributed by atoms with E-state index in [9.17, 15) is 31.1 Å². The molecule has 0 unspecified atom stereocenters. The molecule has 1 rings (SSSR count). The topological polar surface area (TPSA) is 26.3 Å². The fourth-order valence-corrected chi connectivity index (χ4v) is 0.807. The summed E-state index contributed by atoms with van der Waals surface area (Å²) in [5, 5.41) is 0. The monoisotopic (exact) mass is 258 g/mol. The zero-order valence-electron chi connectivity index (χ0n) is 7.89. The molecule has 0 aliphatic heterocycles. The maximum absolute atomic E-state index is 12.8. The normalized spacial score (nSPS) is 12.4. The number of halogens is 6. The number of hydrogen-bond donors (Lipinski definition) is 0. The predicted molar refractivity (Wildman–Crippen MR) is 43.0 cm³/mol. The lowest BCUT2D eigenvalue weighted by molar-refractivity contribution is -0.276. The van der Waals surface area contributed by atoms with Crippen LogP contribution >= 0.6 is 0 Å². The van der Waals surface area contributed by atoms with Gasteiger partial charge in [0.05, 0.1) is 0 Å². The van der Waals surface area contributed by atoms with Gasteiger partial charge in [-0.3, -0.25) is 0 Å². The third kappa shape index (κ3) is 2.69. The Bertz CT molecular complexity index is 426. The minimum absolute atomic E-state index is 0.744. The van der Waals surface area contributed by atoms with Crippen molar-refractivity contribution < 1.29 is 35.9 Å². The van der Waals surface area contributed by atoms with Crippen molar-refractivity contribution in [1.82, 2.24) is 0 Å². The smallest absolute Gasteiger partial charge is 0.419 e. The lowest BCUT2D eigenvalue weighted by atomic mass is 10.3. The number of carbonyl (C=O) groups is 1. The summed E-state index contributed by atoms with van der Waals surface area (Å²) in [4.78, 5) is 10.6. The van der Waals surface area contributed by atoms with E-state index in [1.165, 1.54) is 0 Å². The van der Waals surface area contributed by atoms with Crippen molar-refractivity contribution in [3.63, 3.8) is 0 Å². The van der Waals surface area contributed by atoms with Crippen molar-refractivity contribution in [3.8, 4) is 5.75 Å². The molecule has 0 saturated carbocycles. The molecule has 1 aromatic rings. The minimum atomic E-state index is -6.09. The van der Waals surface area contributed by atoms with Gasteiger partial charge in [0.15, 0.2) is 11.6 Å². The third-order valence-electron chi connectivity index (χ3n) is 1.65. The van der Waals surface area contributed by atoms with Gasteiger partial charge in [0, 0.05) is 0 Å². The molecule has 0 radical (unpaired) electrons. The first-order valence-corrected chi connectivity index (χ1v) is 4.07. The zero-order chi connectivity index (χ0) is 13.3. The number of para-hydroxylation sites is 1. The second-order valence-corrected chi connectivity index (χ2v) is 2.89. The molecule has 0 atom stereocenters. The Kier molecular flexibility index (Phi) is 3.35. The summed E-state index contributed by atoms with van der Waals surface area (Å²) >= 11 is 0. The summed E-state index contributed by atoms with van der Waals surface area (Å²) in [7, 11) is 0. The van der Waals surface area contributed by atoms with Crippen molar-refractivity contribution in [2.75, 3.05) is 0 Å². The molecule has 8 heteroatoms. The molecule has 0 spiro atoms. The van der Waals surface area contributed by atoms with Gasteiger partial charge >= 0.3 is 18.1 Å². The zero-order valence-corrected chi connectivity index (χ0v) is 7.89. The highest BCUT2D eigenvalue weighted by molar-refractivity contribution is 5.80. The van der Waals surface area contributed by atoms with Gasteiger partial charge in [0.25, 0.3) is 0 Å². The minimum Gasteiger partial charge on any atom is -0.419 e. The molecule has 2 nitrogen and oxygen atoms in total. The van der Waals surface area contributed by atoms with Crippen LogP contribution in [0, 0.1) is 5.82 Å². The van der Waals surface area contributed by atoms with Crippen LogP contribution in [0.15, 0.2) is 24.3 Å². The first-order chi connectivity index (χ1) is 7.66. The standard InChI is InChI=1S/C9H4F6O2/c10-5-3-1-2-4-6(5)17-7(16)8(11,12)9(13,14)15/h1-4H. The molecule has 0 N–H and O–H groups in total. The van der Waals surface area contributed by atoms with E-state index >= 15 is 0 Å².